The van der Waals surface area contributed by atoms with Gasteiger partial charge in [-0.3, -0.25) is 4.79 Å². The van der Waals surface area contributed by atoms with Crippen LogP contribution in [0.3, 0.4) is 0 Å². The van der Waals surface area contributed by atoms with Gasteiger partial charge in [0.25, 0.3) is 5.95 Å². The highest BCUT2D eigenvalue weighted by molar-refractivity contribution is 7.89. The van der Waals surface area contributed by atoms with Gasteiger partial charge >= 0.3 is 0 Å². The first-order valence-electron chi connectivity index (χ1n) is 9.38. The minimum atomic E-state index is -3.86. The van der Waals surface area contributed by atoms with E-state index in [0.29, 0.717) is 10.8 Å². The lowest BCUT2D eigenvalue weighted by molar-refractivity contribution is -0.116. The van der Waals surface area contributed by atoms with Crippen molar-refractivity contribution in [3.05, 3.63) is 59.5 Å². The molecule has 0 aliphatic rings. The van der Waals surface area contributed by atoms with E-state index in [0.717, 1.165) is 10.00 Å². The third-order valence-corrected chi connectivity index (χ3v) is 6.44. The molecule has 0 saturated heterocycles. The lowest BCUT2D eigenvalue weighted by Gasteiger charge is -2.17. The van der Waals surface area contributed by atoms with Gasteiger partial charge in [-0.05, 0) is 30.3 Å². The zero-order valence-corrected chi connectivity index (χ0v) is 19.1. The molecule has 0 aliphatic carbocycles. The number of aromatic nitrogens is 4. The van der Waals surface area contributed by atoms with Crippen molar-refractivity contribution < 1.29 is 13.2 Å². The molecule has 1 aromatic carbocycles. The summed E-state index contributed by atoms with van der Waals surface area (Å²) in [5.41, 5.74) is 0.436. The number of carbonyl (C=O) groups is 1. The van der Waals surface area contributed by atoms with E-state index in [1.54, 1.807) is 24.5 Å². The molecule has 1 N–H and O–H groups in total. The first kappa shape index (κ1) is 22.9. The molecule has 0 atom stereocenters. The Morgan fingerprint density at radius 3 is 2.35 bits per heavy atom. The van der Waals surface area contributed by atoms with E-state index in [1.165, 1.54) is 36.0 Å². The summed E-state index contributed by atoms with van der Waals surface area (Å²) in [5, 5.41) is 7.66. The topological polar surface area (TPSA) is 110 Å². The lowest BCUT2D eigenvalue weighted by atomic mass is 9.92. The first-order chi connectivity index (χ1) is 14.5. The number of benzene rings is 1. The molecule has 9 nitrogen and oxygen atoms in total. The van der Waals surface area contributed by atoms with Gasteiger partial charge in [0.05, 0.1) is 17.1 Å². The number of likely N-dealkylation sites (N-methyl/N-ethyl adjacent to an activating group) is 1. The van der Waals surface area contributed by atoms with Crippen LogP contribution in [0.5, 0.6) is 0 Å². The van der Waals surface area contributed by atoms with E-state index in [4.69, 9.17) is 11.6 Å². The number of anilines is 1. The van der Waals surface area contributed by atoms with Crippen molar-refractivity contribution in [1.82, 2.24) is 24.1 Å². The van der Waals surface area contributed by atoms with Crippen LogP contribution in [0.2, 0.25) is 5.02 Å². The normalized spacial score (nSPS) is 12.2. The maximum Gasteiger partial charge on any atom is 0.252 e. The number of hydrogen-bond acceptors (Lipinski definition) is 6. The largest absolute Gasteiger partial charge is 0.309 e. The summed E-state index contributed by atoms with van der Waals surface area (Å²) in [7, 11) is -2.52. The summed E-state index contributed by atoms with van der Waals surface area (Å²) < 4.78 is 27.8. The SMILES string of the molecule is CN(CC(=O)Nc1cc(C(C)(C)C)nn1-c1ncccn1)S(=O)(=O)c1ccc(Cl)cc1. The Morgan fingerprint density at radius 1 is 1.16 bits per heavy atom. The van der Waals surface area contributed by atoms with E-state index in [-0.39, 0.29) is 16.3 Å². The van der Waals surface area contributed by atoms with E-state index < -0.39 is 22.5 Å². The van der Waals surface area contributed by atoms with Crippen molar-refractivity contribution in [1.29, 1.82) is 0 Å². The highest BCUT2D eigenvalue weighted by atomic mass is 35.5. The Labute approximate surface area is 186 Å². The standard InChI is InChI=1S/C20H23ClN6O3S/c1-20(2,3)16-12-17(27(25-16)19-22-10-5-11-23-19)24-18(28)13-26(4)31(29,30)15-8-6-14(21)7-9-15/h5-12H,13H2,1-4H3,(H,24,28). The summed E-state index contributed by atoms with van der Waals surface area (Å²) in [4.78, 5) is 21.1. The van der Waals surface area contributed by atoms with Crippen LogP contribution in [0.4, 0.5) is 5.82 Å². The molecular weight excluding hydrogens is 440 g/mol. The van der Waals surface area contributed by atoms with Gasteiger partial charge < -0.3 is 5.32 Å². The second-order valence-corrected chi connectivity index (χ2v) is 10.4. The van der Waals surface area contributed by atoms with Crippen LogP contribution in [0.1, 0.15) is 26.5 Å². The smallest absolute Gasteiger partial charge is 0.252 e. The van der Waals surface area contributed by atoms with Crippen molar-refractivity contribution in [2.24, 2.45) is 0 Å². The minimum absolute atomic E-state index is 0.0462. The second-order valence-electron chi connectivity index (χ2n) is 7.89. The zero-order chi connectivity index (χ0) is 22.8. The van der Waals surface area contributed by atoms with Gasteiger partial charge in [-0.15, -0.1) is 0 Å². The summed E-state index contributed by atoms with van der Waals surface area (Å²) in [6.07, 6.45) is 3.14. The van der Waals surface area contributed by atoms with Crippen LogP contribution < -0.4 is 5.32 Å². The average Bonchev–Trinajstić information content (AvgIpc) is 3.13. The van der Waals surface area contributed by atoms with Gasteiger partial charge in [-0.1, -0.05) is 32.4 Å². The molecule has 3 aromatic rings. The molecule has 0 unspecified atom stereocenters. The Bertz CT molecular complexity index is 1170. The Hall–Kier alpha value is -2.82. The summed E-state index contributed by atoms with van der Waals surface area (Å²) >= 11 is 5.82. The molecule has 0 bridgehead atoms. The molecule has 2 aromatic heterocycles. The molecule has 0 saturated carbocycles. The van der Waals surface area contributed by atoms with Crippen molar-refractivity contribution in [3.8, 4) is 5.95 Å². The van der Waals surface area contributed by atoms with Gasteiger partial charge in [0.1, 0.15) is 5.82 Å². The van der Waals surface area contributed by atoms with Crippen LogP contribution in [-0.4, -0.2) is 52.0 Å². The van der Waals surface area contributed by atoms with Gasteiger partial charge in [-0.25, -0.2) is 18.4 Å². The predicted molar refractivity (Wildman–Crippen MR) is 118 cm³/mol. The molecule has 31 heavy (non-hydrogen) atoms. The van der Waals surface area contributed by atoms with Gasteiger partial charge in [-0.2, -0.15) is 14.1 Å². The number of hydrogen-bond donors (Lipinski definition) is 1. The summed E-state index contributed by atoms with van der Waals surface area (Å²) in [5.74, 6) is 0.103. The maximum absolute atomic E-state index is 12.7. The van der Waals surface area contributed by atoms with Crippen LogP contribution in [0, 0.1) is 0 Å². The molecule has 0 radical (unpaired) electrons. The van der Waals surface area contributed by atoms with Crippen LogP contribution in [0.25, 0.3) is 5.95 Å². The number of amides is 1. The molecule has 11 heteroatoms. The lowest BCUT2D eigenvalue weighted by Crippen LogP contribution is -2.35. The molecule has 0 spiro atoms. The number of halogens is 1. The van der Waals surface area contributed by atoms with Gasteiger partial charge in [0.15, 0.2) is 0 Å². The average molecular weight is 463 g/mol. The fourth-order valence-corrected chi connectivity index (χ4v) is 3.90. The van der Waals surface area contributed by atoms with Gasteiger partial charge in [0.2, 0.25) is 15.9 Å². The molecule has 0 fully saturated rings. The highest BCUT2D eigenvalue weighted by Gasteiger charge is 2.25. The highest BCUT2D eigenvalue weighted by Crippen LogP contribution is 2.25. The predicted octanol–water partition coefficient (Wildman–Crippen LogP) is 2.87. The molecule has 3 rings (SSSR count). The van der Waals surface area contributed by atoms with Crippen molar-refractivity contribution in [3.63, 3.8) is 0 Å². The monoisotopic (exact) mass is 462 g/mol. The van der Waals surface area contributed by atoms with E-state index in [2.05, 4.69) is 20.4 Å². The van der Waals surface area contributed by atoms with Crippen LogP contribution in [-0.2, 0) is 20.2 Å². The van der Waals surface area contributed by atoms with Crippen LogP contribution >= 0.6 is 11.6 Å². The number of sulfonamides is 1. The zero-order valence-electron chi connectivity index (χ0n) is 17.6. The number of nitrogens with zero attached hydrogens (tertiary/aromatic N) is 5. The van der Waals surface area contributed by atoms with Crippen molar-refractivity contribution in [2.45, 2.75) is 31.1 Å². The minimum Gasteiger partial charge on any atom is -0.309 e. The maximum atomic E-state index is 12.7. The van der Waals surface area contributed by atoms with E-state index in [9.17, 15) is 13.2 Å². The Morgan fingerprint density at radius 2 is 1.77 bits per heavy atom. The number of rotatable bonds is 6. The molecule has 2 heterocycles. The summed E-state index contributed by atoms with van der Waals surface area (Å²) in [6, 6.07) is 9.14. The second kappa shape index (κ2) is 8.74. The molecular formula is C20H23ClN6O3S. The third kappa shape index (κ3) is 5.27. The molecule has 0 aliphatic heterocycles. The molecule has 1 amide bonds. The number of carbonyl (C=O) groups excluding carboxylic acids is 1. The summed E-state index contributed by atoms with van der Waals surface area (Å²) in [6.45, 7) is 5.58. The third-order valence-electron chi connectivity index (χ3n) is 4.37. The first-order valence-corrected chi connectivity index (χ1v) is 11.2. The van der Waals surface area contributed by atoms with Crippen molar-refractivity contribution >= 4 is 33.3 Å². The number of nitrogens with one attached hydrogen (secondary N) is 1. The van der Waals surface area contributed by atoms with E-state index in [1.807, 2.05) is 20.8 Å². The Balaban J connectivity index is 1.83. The van der Waals surface area contributed by atoms with Crippen molar-refractivity contribution in [2.75, 3.05) is 18.9 Å². The fraction of sp³-hybridized carbons (Fsp3) is 0.300. The quantitative estimate of drug-likeness (QED) is 0.603. The van der Waals surface area contributed by atoms with E-state index >= 15 is 0 Å². The fourth-order valence-electron chi connectivity index (χ4n) is 2.65. The van der Waals surface area contributed by atoms with Gasteiger partial charge in [0, 0.05) is 35.9 Å². The Kier molecular flexibility index (Phi) is 6.44. The van der Waals surface area contributed by atoms with Crippen LogP contribution in [0.15, 0.2) is 53.7 Å². The molecule has 164 valence electrons.